The Bertz CT molecular complexity index is 518. The minimum Gasteiger partial charge on any atom is -0.493 e. The Morgan fingerprint density at radius 3 is 2.55 bits per heavy atom. The number of ether oxygens (including phenoxy) is 1. The summed E-state index contributed by atoms with van der Waals surface area (Å²) in [7, 11) is 0. The highest BCUT2D eigenvalue weighted by Gasteiger charge is 2.05. The summed E-state index contributed by atoms with van der Waals surface area (Å²) in [6.45, 7) is 4.47. The quantitative estimate of drug-likeness (QED) is 0.610. The van der Waals surface area contributed by atoms with E-state index in [-0.39, 0.29) is 0 Å². The molecule has 0 atom stereocenters. The van der Waals surface area contributed by atoms with E-state index in [4.69, 9.17) is 15.1 Å². The highest BCUT2D eigenvalue weighted by molar-refractivity contribution is 5.85. The average molecular weight is 273 g/mol. The molecule has 1 N–H and O–H groups in total. The minimum absolute atomic E-state index is 0.556. The van der Waals surface area contributed by atoms with Gasteiger partial charge < -0.3 is 9.84 Å². The predicted octanol–water partition coefficient (Wildman–Crippen LogP) is 3.47. The third-order valence-electron chi connectivity index (χ3n) is 2.83. The molecule has 0 bridgehead atoms. The van der Waals surface area contributed by atoms with Gasteiger partial charge in [0.15, 0.2) is 0 Å². The van der Waals surface area contributed by atoms with Crippen LogP contribution >= 0.6 is 0 Å². The van der Waals surface area contributed by atoms with Crippen LogP contribution in [0.15, 0.2) is 18.2 Å². The Balaban J connectivity index is 2.69. The number of nitrogens with zero attached hydrogens (tertiary/aromatic N) is 1. The zero-order valence-electron chi connectivity index (χ0n) is 11.8. The number of rotatable bonds is 7. The molecule has 1 rings (SSSR count). The lowest BCUT2D eigenvalue weighted by molar-refractivity contribution is -0.131. The number of carboxylic acids is 1. The third-order valence-corrected chi connectivity index (χ3v) is 2.83. The van der Waals surface area contributed by atoms with Crippen molar-refractivity contribution in [2.75, 3.05) is 6.61 Å². The fourth-order valence-electron chi connectivity index (χ4n) is 1.96. The summed E-state index contributed by atoms with van der Waals surface area (Å²) < 4.78 is 5.74. The first-order valence-electron chi connectivity index (χ1n) is 6.56. The van der Waals surface area contributed by atoms with Crippen LogP contribution in [0.1, 0.15) is 36.0 Å². The number of aliphatic carboxylic acids is 1. The summed E-state index contributed by atoms with van der Waals surface area (Å²) in [4.78, 5) is 10.5. The van der Waals surface area contributed by atoms with Crippen LogP contribution in [0.2, 0.25) is 0 Å². The molecule has 0 amide bonds. The van der Waals surface area contributed by atoms with Gasteiger partial charge in [-0.3, -0.25) is 0 Å². The van der Waals surface area contributed by atoms with Crippen LogP contribution in [0.3, 0.4) is 0 Å². The van der Waals surface area contributed by atoms with Gasteiger partial charge >= 0.3 is 5.97 Å². The molecule has 0 aliphatic heterocycles. The van der Waals surface area contributed by atoms with E-state index < -0.39 is 5.97 Å². The van der Waals surface area contributed by atoms with Gasteiger partial charge in [0.05, 0.1) is 12.7 Å². The molecular formula is C16H19NO3. The smallest absolute Gasteiger partial charge is 0.328 e. The zero-order chi connectivity index (χ0) is 15.0. The zero-order valence-corrected chi connectivity index (χ0v) is 11.8. The van der Waals surface area contributed by atoms with E-state index >= 15 is 0 Å². The van der Waals surface area contributed by atoms with Gasteiger partial charge in [0.25, 0.3) is 0 Å². The topological polar surface area (TPSA) is 70.3 Å². The molecule has 20 heavy (non-hydrogen) atoms. The van der Waals surface area contributed by atoms with Gasteiger partial charge in [-0.05, 0) is 61.6 Å². The number of nitriles is 1. The molecule has 0 radical (unpaired) electrons. The maximum absolute atomic E-state index is 10.5. The van der Waals surface area contributed by atoms with Crippen molar-refractivity contribution in [2.24, 2.45) is 0 Å². The Hall–Kier alpha value is -2.28. The van der Waals surface area contributed by atoms with Crippen molar-refractivity contribution < 1.29 is 14.6 Å². The van der Waals surface area contributed by atoms with Gasteiger partial charge in [0.1, 0.15) is 5.75 Å². The molecule has 1 aromatic carbocycles. The van der Waals surface area contributed by atoms with Gasteiger partial charge in [-0.25, -0.2) is 4.79 Å². The fourth-order valence-corrected chi connectivity index (χ4v) is 1.96. The lowest BCUT2D eigenvalue weighted by Crippen LogP contribution is -2.01. The van der Waals surface area contributed by atoms with Crippen molar-refractivity contribution in [3.63, 3.8) is 0 Å². The number of hydrogen-bond acceptors (Lipinski definition) is 3. The molecule has 1 aromatic rings. The average Bonchev–Trinajstić information content (AvgIpc) is 2.38. The second kappa shape index (κ2) is 8.00. The maximum Gasteiger partial charge on any atom is 0.328 e. The van der Waals surface area contributed by atoms with Gasteiger partial charge in [-0.15, -0.1) is 0 Å². The lowest BCUT2D eigenvalue weighted by Gasteiger charge is -2.13. The van der Waals surface area contributed by atoms with E-state index in [2.05, 4.69) is 6.07 Å². The summed E-state index contributed by atoms with van der Waals surface area (Å²) in [6.07, 6.45) is 4.94. The summed E-state index contributed by atoms with van der Waals surface area (Å²) in [5.41, 5.74) is 2.81. The molecule has 4 heteroatoms. The van der Waals surface area contributed by atoms with Crippen molar-refractivity contribution in [1.82, 2.24) is 0 Å². The van der Waals surface area contributed by atoms with Crippen molar-refractivity contribution in [3.05, 3.63) is 34.9 Å². The van der Waals surface area contributed by atoms with Crippen molar-refractivity contribution in [3.8, 4) is 11.8 Å². The molecule has 0 saturated heterocycles. The highest BCUT2D eigenvalue weighted by Crippen LogP contribution is 2.25. The molecule has 0 heterocycles. The molecule has 0 aliphatic carbocycles. The van der Waals surface area contributed by atoms with Crippen LogP contribution in [-0.2, 0) is 4.79 Å². The second-order valence-corrected chi connectivity index (χ2v) is 4.62. The number of benzene rings is 1. The maximum atomic E-state index is 10.5. The van der Waals surface area contributed by atoms with Crippen LogP contribution in [0.25, 0.3) is 6.08 Å². The first-order valence-corrected chi connectivity index (χ1v) is 6.56. The van der Waals surface area contributed by atoms with Gasteiger partial charge in [-0.2, -0.15) is 5.26 Å². The Morgan fingerprint density at radius 1 is 1.35 bits per heavy atom. The number of aryl methyl sites for hydroxylation is 2. The SMILES string of the molecule is Cc1cc(C=CC(=O)O)cc(C)c1OCCCCC#N. The monoisotopic (exact) mass is 273 g/mol. The molecule has 0 unspecified atom stereocenters. The van der Waals surface area contributed by atoms with E-state index in [1.54, 1.807) is 6.08 Å². The number of carboxylic acid groups (broad SMARTS) is 1. The molecule has 0 aliphatic rings. The Morgan fingerprint density at radius 2 is 2.00 bits per heavy atom. The van der Waals surface area contributed by atoms with E-state index in [0.29, 0.717) is 13.0 Å². The number of hydrogen-bond donors (Lipinski definition) is 1. The van der Waals surface area contributed by atoms with E-state index in [1.165, 1.54) is 0 Å². The number of unbranched alkanes of at least 4 members (excludes halogenated alkanes) is 2. The molecule has 106 valence electrons. The molecule has 0 aromatic heterocycles. The first kappa shape index (κ1) is 15.8. The molecule has 0 fully saturated rings. The highest BCUT2D eigenvalue weighted by atomic mass is 16.5. The van der Waals surface area contributed by atoms with Gasteiger partial charge in [-0.1, -0.05) is 0 Å². The van der Waals surface area contributed by atoms with Crippen molar-refractivity contribution in [1.29, 1.82) is 5.26 Å². The molecule has 4 nitrogen and oxygen atoms in total. The van der Waals surface area contributed by atoms with E-state index in [1.807, 2.05) is 26.0 Å². The lowest BCUT2D eigenvalue weighted by atomic mass is 10.1. The van der Waals surface area contributed by atoms with Crippen molar-refractivity contribution in [2.45, 2.75) is 33.1 Å². The second-order valence-electron chi connectivity index (χ2n) is 4.62. The largest absolute Gasteiger partial charge is 0.493 e. The summed E-state index contributed by atoms with van der Waals surface area (Å²) in [5, 5.41) is 17.1. The van der Waals surface area contributed by atoms with E-state index in [0.717, 1.165) is 41.4 Å². The van der Waals surface area contributed by atoms with Crippen LogP contribution in [-0.4, -0.2) is 17.7 Å². The third kappa shape index (κ3) is 5.15. The van der Waals surface area contributed by atoms with E-state index in [9.17, 15) is 4.79 Å². The molecule has 0 saturated carbocycles. The standard InChI is InChI=1S/C16H19NO3/c1-12-10-14(6-7-15(18)19)11-13(2)16(12)20-9-5-3-4-8-17/h6-7,10-11H,3-5,9H2,1-2H3,(H,18,19). The minimum atomic E-state index is -0.960. The Kier molecular flexibility index (Phi) is 6.31. The van der Waals surface area contributed by atoms with Gasteiger partial charge in [0, 0.05) is 12.5 Å². The summed E-state index contributed by atoms with van der Waals surface area (Å²) in [6, 6.07) is 5.91. The Labute approximate surface area is 119 Å². The summed E-state index contributed by atoms with van der Waals surface area (Å²) >= 11 is 0. The molecular weight excluding hydrogens is 254 g/mol. The van der Waals surface area contributed by atoms with Crippen molar-refractivity contribution >= 4 is 12.0 Å². The van der Waals surface area contributed by atoms with Crippen LogP contribution < -0.4 is 4.74 Å². The first-order chi connectivity index (χ1) is 9.54. The molecule has 0 spiro atoms. The van der Waals surface area contributed by atoms with Gasteiger partial charge in [0.2, 0.25) is 0 Å². The fraction of sp³-hybridized carbons (Fsp3) is 0.375. The summed E-state index contributed by atoms with van der Waals surface area (Å²) in [5.74, 6) is -0.118. The van der Waals surface area contributed by atoms with Crippen LogP contribution in [0.4, 0.5) is 0 Å². The van der Waals surface area contributed by atoms with Crippen LogP contribution in [0.5, 0.6) is 5.75 Å². The number of carbonyl (C=O) groups is 1. The predicted molar refractivity (Wildman–Crippen MR) is 77.5 cm³/mol. The van der Waals surface area contributed by atoms with Crippen LogP contribution in [0, 0.1) is 25.2 Å². The normalized spacial score (nSPS) is 10.4.